The molecule has 1 aliphatic rings. The predicted octanol–water partition coefficient (Wildman–Crippen LogP) is 5.14. The molecule has 0 saturated carbocycles. The number of halogens is 1. The number of nitrogens with one attached hydrogen (secondary N) is 1. The molecule has 4 rings (SSSR count). The number of ether oxygens (including phenoxy) is 2. The molecule has 6 nitrogen and oxygen atoms in total. The molecule has 0 unspecified atom stereocenters. The van der Waals surface area contributed by atoms with Crippen molar-refractivity contribution < 1.29 is 19.4 Å². The summed E-state index contributed by atoms with van der Waals surface area (Å²) in [7, 11) is 1.50. The molecule has 1 aromatic heterocycles. The van der Waals surface area contributed by atoms with E-state index < -0.39 is 5.97 Å². The first-order chi connectivity index (χ1) is 14.1. The average molecular weight is 411 g/mol. The summed E-state index contributed by atoms with van der Waals surface area (Å²) >= 11 is 6.25. The second-order valence-corrected chi connectivity index (χ2v) is 7.04. The van der Waals surface area contributed by atoms with Crippen molar-refractivity contribution >= 4 is 45.4 Å². The molecule has 2 aromatic carbocycles. The van der Waals surface area contributed by atoms with E-state index >= 15 is 0 Å². The fourth-order valence-corrected chi connectivity index (χ4v) is 3.56. The van der Waals surface area contributed by atoms with Crippen molar-refractivity contribution in [3.8, 4) is 5.75 Å². The van der Waals surface area contributed by atoms with Gasteiger partial charge in [-0.3, -0.25) is 4.98 Å². The second kappa shape index (κ2) is 8.11. The van der Waals surface area contributed by atoms with Crippen molar-refractivity contribution in [2.75, 3.05) is 25.6 Å². The Morgan fingerprint density at radius 3 is 2.86 bits per heavy atom. The zero-order valence-corrected chi connectivity index (χ0v) is 16.5. The third-order valence-electron chi connectivity index (χ3n) is 4.86. The Balaban J connectivity index is 1.91. The normalized spacial score (nSPS) is 13.8. The smallest absolute Gasteiger partial charge is 0.337 e. The molecular weight excluding hydrogens is 392 g/mol. The molecule has 7 heteroatoms. The fourth-order valence-electron chi connectivity index (χ4n) is 3.39. The number of fused-ring (bicyclic) bond motifs is 1. The zero-order chi connectivity index (χ0) is 20.4. The van der Waals surface area contributed by atoms with Gasteiger partial charge in [0.1, 0.15) is 5.75 Å². The topological polar surface area (TPSA) is 80.7 Å². The minimum Gasteiger partial charge on any atom is -0.497 e. The third kappa shape index (κ3) is 3.90. The summed E-state index contributed by atoms with van der Waals surface area (Å²) in [5.41, 5.74) is 4.09. The number of aromatic carboxylic acids is 1. The summed E-state index contributed by atoms with van der Waals surface area (Å²) in [6.45, 7) is 1.16. The van der Waals surface area contributed by atoms with Gasteiger partial charge in [-0.05, 0) is 48.4 Å². The fraction of sp³-hybridized carbons (Fsp3) is 0.182. The standard InChI is InChI=1S/C22H19ClN2O4/c1-28-15-3-5-20(17(11-15)22(26)27)25-21-16-10-14(23)2-4-19(16)24-12-18(21)13-6-8-29-9-7-13/h2-6,10-12H,7-9H2,1H3,(H,24,25)(H,26,27). The molecule has 0 aliphatic carbocycles. The van der Waals surface area contributed by atoms with Crippen molar-refractivity contribution in [3.63, 3.8) is 0 Å². The zero-order valence-electron chi connectivity index (χ0n) is 15.7. The summed E-state index contributed by atoms with van der Waals surface area (Å²) < 4.78 is 10.6. The number of anilines is 2. The van der Waals surface area contributed by atoms with Crippen LogP contribution in [0.5, 0.6) is 5.75 Å². The maximum atomic E-state index is 11.8. The van der Waals surface area contributed by atoms with Crippen LogP contribution in [-0.4, -0.2) is 36.4 Å². The third-order valence-corrected chi connectivity index (χ3v) is 5.09. The highest BCUT2D eigenvalue weighted by Gasteiger charge is 2.18. The molecule has 148 valence electrons. The monoisotopic (exact) mass is 410 g/mol. The lowest BCUT2D eigenvalue weighted by molar-refractivity contribution is 0.0697. The largest absolute Gasteiger partial charge is 0.497 e. The van der Waals surface area contributed by atoms with E-state index in [0.717, 1.165) is 34.1 Å². The number of methoxy groups -OCH3 is 1. The molecule has 1 aliphatic heterocycles. The van der Waals surface area contributed by atoms with Gasteiger partial charge in [-0.1, -0.05) is 17.7 Å². The van der Waals surface area contributed by atoms with E-state index in [-0.39, 0.29) is 5.56 Å². The molecule has 0 saturated heterocycles. The predicted molar refractivity (Wildman–Crippen MR) is 113 cm³/mol. The Hall–Kier alpha value is -3.09. The number of benzene rings is 2. The van der Waals surface area contributed by atoms with Crippen LogP contribution in [-0.2, 0) is 4.74 Å². The van der Waals surface area contributed by atoms with Gasteiger partial charge in [0.25, 0.3) is 0 Å². The van der Waals surface area contributed by atoms with Crippen LogP contribution < -0.4 is 10.1 Å². The van der Waals surface area contributed by atoms with Crippen molar-refractivity contribution in [2.45, 2.75) is 6.42 Å². The van der Waals surface area contributed by atoms with E-state index in [1.54, 1.807) is 24.4 Å². The number of rotatable bonds is 5. The van der Waals surface area contributed by atoms with Crippen molar-refractivity contribution in [2.24, 2.45) is 0 Å². The molecule has 0 spiro atoms. The molecule has 0 radical (unpaired) electrons. The molecule has 2 heterocycles. The Morgan fingerprint density at radius 2 is 2.14 bits per heavy atom. The molecule has 0 bridgehead atoms. The first kappa shape index (κ1) is 19.2. The highest BCUT2D eigenvalue weighted by Crippen LogP contribution is 2.37. The van der Waals surface area contributed by atoms with Gasteiger partial charge in [-0.15, -0.1) is 0 Å². The average Bonchev–Trinajstić information content (AvgIpc) is 2.74. The van der Waals surface area contributed by atoms with Crippen LogP contribution in [0.4, 0.5) is 11.4 Å². The van der Waals surface area contributed by atoms with E-state index in [1.165, 1.54) is 13.2 Å². The minimum atomic E-state index is -1.05. The maximum Gasteiger partial charge on any atom is 0.337 e. The second-order valence-electron chi connectivity index (χ2n) is 6.60. The minimum absolute atomic E-state index is 0.114. The number of aromatic nitrogens is 1. The Kier molecular flexibility index (Phi) is 5.38. The van der Waals surface area contributed by atoms with E-state index in [2.05, 4.69) is 10.3 Å². The molecule has 0 amide bonds. The summed E-state index contributed by atoms with van der Waals surface area (Å²) in [5.74, 6) is -0.572. The van der Waals surface area contributed by atoms with Gasteiger partial charge in [-0.2, -0.15) is 0 Å². The Morgan fingerprint density at radius 1 is 1.28 bits per heavy atom. The quantitative estimate of drug-likeness (QED) is 0.606. The van der Waals surface area contributed by atoms with Gasteiger partial charge >= 0.3 is 5.97 Å². The van der Waals surface area contributed by atoms with Gasteiger partial charge in [0.2, 0.25) is 0 Å². The molecule has 0 fully saturated rings. The van der Waals surface area contributed by atoms with Crippen molar-refractivity contribution in [1.82, 2.24) is 4.98 Å². The van der Waals surface area contributed by atoms with Crippen LogP contribution in [0.1, 0.15) is 22.3 Å². The van der Waals surface area contributed by atoms with Crippen molar-refractivity contribution in [3.05, 3.63) is 64.8 Å². The van der Waals surface area contributed by atoms with Crippen molar-refractivity contribution in [1.29, 1.82) is 0 Å². The van der Waals surface area contributed by atoms with Gasteiger partial charge in [0.15, 0.2) is 0 Å². The molecule has 3 aromatic rings. The lowest BCUT2D eigenvalue weighted by atomic mass is 9.98. The molecular formula is C22H19ClN2O4. The van der Waals surface area contributed by atoms with E-state index in [0.29, 0.717) is 29.7 Å². The summed E-state index contributed by atoms with van der Waals surface area (Å²) in [4.78, 5) is 16.4. The lowest BCUT2D eigenvalue weighted by Crippen LogP contribution is -2.08. The highest BCUT2D eigenvalue weighted by molar-refractivity contribution is 6.31. The molecule has 29 heavy (non-hydrogen) atoms. The molecule has 0 atom stereocenters. The van der Waals surface area contributed by atoms with E-state index in [4.69, 9.17) is 21.1 Å². The van der Waals surface area contributed by atoms with Crippen LogP contribution in [0, 0.1) is 0 Å². The number of pyridine rings is 1. The van der Waals surface area contributed by atoms with Gasteiger partial charge in [-0.25, -0.2) is 4.79 Å². The Labute approximate surface area is 172 Å². The number of nitrogens with zero attached hydrogens (tertiary/aromatic N) is 1. The lowest BCUT2D eigenvalue weighted by Gasteiger charge is -2.20. The van der Waals surface area contributed by atoms with Crippen LogP contribution in [0.15, 0.2) is 48.7 Å². The summed E-state index contributed by atoms with van der Waals surface area (Å²) in [6.07, 6.45) is 4.57. The van der Waals surface area contributed by atoms with Gasteiger partial charge < -0.3 is 19.9 Å². The maximum absolute atomic E-state index is 11.8. The number of carbonyl (C=O) groups is 1. The van der Waals surface area contributed by atoms with Gasteiger partial charge in [0.05, 0.1) is 42.8 Å². The number of carboxylic acid groups (broad SMARTS) is 1. The van der Waals surface area contributed by atoms with Gasteiger partial charge in [0, 0.05) is 22.2 Å². The SMILES string of the molecule is COc1ccc(Nc2c(C3=CCOCC3)cnc3ccc(Cl)cc23)c(C(=O)O)c1. The van der Waals surface area contributed by atoms with Crippen LogP contribution in [0.25, 0.3) is 16.5 Å². The summed E-state index contributed by atoms with van der Waals surface area (Å²) in [6, 6.07) is 10.4. The van der Waals surface area contributed by atoms with Crippen LogP contribution >= 0.6 is 11.6 Å². The first-order valence-electron chi connectivity index (χ1n) is 9.10. The van der Waals surface area contributed by atoms with E-state index in [9.17, 15) is 9.90 Å². The first-order valence-corrected chi connectivity index (χ1v) is 9.48. The number of hydrogen-bond donors (Lipinski definition) is 2. The summed E-state index contributed by atoms with van der Waals surface area (Å²) in [5, 5.41) is 14.4. The Bertz CT molecular complexity index is 1130. The highest BCUT2D eigenvalue weighted by atomic mass is 35.5. The van der Waals surface area contributed by atoms with Crippen LogP contribution in [0.3, 0.4) is 0 Å². The van der Waals surface area contributed by atoms with Crippen LogP contribution in [0.2, 0.25) is 5.02 Å². The molecule has 2 N–H and O–H groups in total. The number of hydrogen-bond acceptors (Lipinski definition) is 5. The number of carboxylic acids is 1. The van der Waals surface area contributed by atoms with E-state index in [1.807, 2.05) is 18.2 Å².